The third-order valence-electron chi connectivity index (χ3n) is 7.47. The van der Waals surface area contributed by atoms with Gasteiger partial charge < -0.3 is 15.0 Å². The van der Waals surface area contributed by atoms with Gasteiger partial charge in [-0.1, -0.05) is 66.7 Å². The van der Waals surface area contributed by atoms with E-state index >= 15 is 0 Å². The van der Waals surface area contributed by atoms with Gasteiger partial charge in [-0.3, -0.25) is 13.9 Å². The molecule has 8 nitrogen and oxygen atoms in total. The van der Waals surface area contributed by atoms with Crippen LogP contribution in [0.5, 0.6) is 5.75 Å². The fraction of sp³-hybridized carbons (Fsp3) is 0.355. The van der Waals surface area contributed by atoms with E-state index < -0.39 is 28.5 Å². The molecule has 1 N–H and O–H groups in total. The molecule has 1 saturated carbocycles. The minimum atomic E-state index is -4.25. The van der Waals surface area contributed by atoms with Crippen molar-refractivity contribution in [2.24, 2.45) is 0 Å². The summed E-state index contributed by atoms with van der Waals surface area (Å²) in [7, 11) is -2.77. The Morgan fingerprint density at radius 2 is 1.65 bits per heavy atom. The van der Waals surface area contributed by atoms with Gasteiger partial charge >= 0.3 is 0 Å². The molecule has 0 aliphatic heterocycles. The second-order valence-corrected chi connectivity index (χ2v) is 13.5. The summed E-state index contributed by atoms with van der Waals surface area (Å²) in [4.78, 5) is 29.1. The minimum absolute atomic E-state index is 0.0304. The maximum absolute atomic E-state index is 14.2. The molecule has 1 aliphatic rings. The lowest BCUT2D eigenvalue weighted by atomic mass is 10.1. The Hall–Kier alpha value is -2.98. The highest BCUT2D eigenvalue weighted by molar-refractivity contribution is 7.92. The number of benzene rings is 3. The minimum Gasteiger partial charge on any atom is -0.497 e. The van der Waals surface area contributed by atoms with Gasteiger partial charge in [-0.05, 0) is 79.4 Å². The van der Waals surface area contributed by atoms with E-state index in [-0.39, 0.29) is 29.1 Å². The summed E-state index contributed by atoms with van der Waals surface area (Å²) in [5.41, 5.74) is 0.767. The number of nitrogens with zero attached hydrogens (tertiary/aromatic N) is 2. The summed E-state index contributed by atoms with van der Waals surface area (Å²) in [6.45, 7) is 1.19. The summed E-state index contributed by atoms with van der Waals surface area (Å²) in [5.74, 6) is -0.397. The first-order valence-electron chi connectivity index (χ1n) is 14.0. The molecular formula is C31H34Cl3N3O5S. The SMILES string of the molecule is CC[C@H](C(=O)NC1CCCC1)N(Cc1ccc(Cl)cc1Cl)C(=O)CN(c1cccc(Cl)c1)S(=O)(=O)c1ccc(OC)cc1. The smallest absolute Gasteiger partial charge is 0.264 e. The molecule has 0 spiro atoms. The molecule has 1 aliphatic carbocycles. The van der Waals surface area contributed by atoms with Crippen LogP contribution in [0.2, 0.25) is 15.1 Å². The number of anilines is 1. The number of sulfonamides is 1. The quantitative estimate of drug-likeness (QED) is 0.232. The second kappa shape index (κ2) is 14.7. The van der Waals surface area contributed by atoms with Gasteiger partial charge in [-0.2, -0.15) is 0 Å². The molecule has 0 radical (unpaired) electrons. The number of hydrogen-bond donors (Lipinski definition) is 1. The molecule has 3 aromatic rings. The van der Waals surface area contributed by atoms with Gasteiger partial charge in [0.2, 0.25) is 11.8 Å². The highest BCUT2D eigenvalue weighted by Crippen LogP contribution is 2.29. The number of rotatable bonds is 12. The predicted molar refractivity (Wildman–Crippen MR) is 170 cm³/mol. The van der Waals surface area contributed by atoms with Crippen molar-refractivity contribution in [1.29, 1.82) is 0 Å². The first-order valence-corrected chi connectivity index (χ1v) is 16.6. The fourth-order valence-electron chi connectivity index (χ4n) is 5.16. The number of ether oxygens (including phenoxy) is 1. The Morgan fingerprint density at radius 1 is 0.977 bits per heavy atom. The van der Waals surface area contributed by atoms with Crippen molar-refractivity contribution < 1.29 is 22.7 Å². The molecule has 0 heterocycles. The average Bonchev–Trinajstić information content (AvgIpc) is 3.49. The van der Waals surface area contributed by atoms with Gasteiger partial charge in [0.05, 0.1) is 17.7 Å². The van der Waals surface area contributed by atoms with E-state index in [1.165, 1.54) is 42.3 Å². The Bertz CT molecular complexity index is 1550. The zero-order chi connectivity index (χ0) is 31.1. The van der Waals surface area contributed by atoms with Crippen LogP contribution in [0.1, 0.15) is 44.6 Å². The van der Waals surface area contributed by atoms with Crippen molar-refractivity contribution in [2.75, 3.05) is 18.0 Å². The maximum atomic E-state index is 14.2. The van der Waals surface area contributed by atoms with E-state index in [9.17, 15) is 18.0 Å². The van der Waals surface area contributed by atoms with Crippen LogP contribution < -0.4 is 14.4 Å². The molecule has 0 aromatic heterocycles. The molecule has 1 atom stereocenters. The highest BCUT2D eigenvalue weighted by Gasteiger charge is 2.35. The van der Waals surface area contributed by atoms with Gasteiger partial charge in [0.25, 0.3) is 10.0 Å². The summed E-state index contributed by atoms with van der Waals surface area (Å²) in [6.07, 6.45) is 4.12. The molecule has 230 valence electrons. The van der Waals surface area contributed by atoms with Crippen LogP contribution in [-0.2, 0) is 26.2 Å². The number of amides is 2. The van der Waals surface area contributed by atoms with Crippen molar-refractivity contribution in [2.45, 2.75) is 62.6 Å². The maximum Gasteiger partial charge on any atom is 0.264 e. The number of hydrogen-bond acceptors (Lipinski definition) is 5. The number of nitrogens with one attached hydrogen (secondary N) is 1. The molecule has 12 heteroatoms. The van der Waals surface area contributed by atoms with Crippen molar-refractivity contribution >= 4 is 62.3 Å². The van der Waals surface area contributed by atoms with Crippen LogP contribution in [0, 0.1) is 0 Å². The molecule has 0 unspecified atom stereocenters. The molecule has 43 heavy (non-hydrogen) atoms. The summed E-state index contributed by atoms with van der Waals surface area (Å²) in [6, 6.07) is 16.2. The largest absolute Gasteiger partial charge is 0.497 e. The van der Waals surface area contributed by atoms with Crippen LogP contribution in [0.4, 0.5) is 5.69 Å². The van der Waals surface area contributed by atoms with Gasteiger partial charge in [0, 0.05) is 27.7 Å². The average molecular weight is 667 g/mol. The second-order valence-electron chi connectivity index (χ2n) is 10.3. The number of halogens is 3. The number of carbonyl (C=O) groups excluding carboxylic acids is 2. The molecule has 2 amide bonds. The first-order chi connectivity index (χ1) is 20.5. The molecule has 0 bridgehead atoms. The first kappa shape index (κ1) is 32.9. The lowest BCUT2D eigenvalue weighted by Crippen LogP contribution is -2.53. The number of carbonyl (C=O) groups is 2. The van der Waals surface area contributed by atoms with Gasteiger partial charge in [-0.15, -0.1) is 0 Å². The van der Waals surface area contributed by atoms with Crippen molar-refractivity contribution in [3.63, 3.8) is 0 Å². The van der Waals surface area contributed by atoms with Crippen LogP contribution >= 0.6 is 34.8 Å². The number of methoxy groups -OCH3 is 1. The summed E-state index contributed by atoms with van der Waals surface area (Å²) >= 11 is 18.8. The fourth-order valence-corrected chi connectivity index (χ4v) is 7.21. The van der Waals surface area contributed by atoms with Crippen LogP contribution in [0.25, 0.3) is 0 Å². The van der Waals surface area contributed by atoms with Crippen LogP contribution in [0.3, 0.4) is 0 Å². The highest BCUT2D eigenvalue weighted by atomic mass is 35.5. The Morgan fingerprint density at radius 3 is 2.26 bits per heavy atom. The van der Waals surface area contributed by atoms with E-state index in [1.54, 1.807) is 36.4 Å². The normalized spacial score (nSPS) is 14.3. The zero-order valence-electron chi connectivity index (χ0n) is 23.9. The topological polar surface area (TPSA) is 96.0 Å². The molecule has 1 fully saturated rings. The lowest BCUT2D eigenvalue weighted by Gasteiger charge is -2.34. The summed E-state index contributed by atoms with van der Waals surface area (Å²) in [5, 5.41) is 4.14. The zero-order valence-corrected chi connectivity index (χ0v) is 27.0. The molecule has 3 aromatic carbocycles. The van der Waals surface area contributed by atoms with Crippen molar-refractivity contribution in [3.8, 4) is 5.75 Å². The third kappa shape index (κ3) is 8.15. The van der Waals surface area contributed by atoms with E-state index in [0.717, 1.165) is 30.0 Å². The monoisotopic (exact) mass is 665 g/mol. The molecular weight excluding hydrogens is 633 g/mol. The van der Waals surface area contributed by atoms with Crippen molar-refractivity contribution in [3.05, 3.63) is 87.4 Å². The van der Waals surface area contributed by atoms with Crippen LogP contribution in [-0.4, -0.2) is 50.9 Å². The Kier molecular flexibility index (Phi) is 11.2. The van der Waals surface area contributed by atoms with E-state index in [0.29, 0.717) is 32.8 Å². The van der Waals surface area contributed by atoms with E-state index in [1.807, 2.05) is 6.92 Å². The van der Waals surface area contributed by atoms with E-state index in [2.05, 4.69) is 5.32 Å². The molecule has 4 rings (SSSR count). The third-order valence-corrected chi connectivity index (χ3v) is 10.1. The Labute approximate surface area is 267 Å². The summed E-state index contributed by atoms with van der Waals surface area (Å²) < 4.78 is 34.2. The van der Waals surface area contributed by atoms with Gasteiger partial charge in [0.15, 0.2) is 0 Å². The predicted octanol–water partition coefficient (Wildman–Crippen LogP) is 6.72. The van der Waals surface area contributed by atoms with Crippen molar-refractivity contribution in [1.82, 2.24) is 10.2 Å². The lowest BCUT2D eigenvalue weighted by molar-refractivity contribution is -0.140. The van der Waals surface area contributed by atoms with Crippen LogP contribution in [0.15, 0.2) is 71.6 Å². The van der Waals surface area contributed by atoms with Gasteiger partial charge in [-0.25, -0.2) is 8.42 Å². The van der Waals surface area contributed by atoms with Gasteiger partial charge in [0.1, 0.15) is 18.3 Å². The standard InChI is InChI=1S/C31H34Cl3N3O5S/c1-3-29(31(39)35-24-8-4-5-9-24)36(19-21-11-12-23(33)18-28(21)34)30(38)20-37(25-10-6-7-22(32)17-25)43(40,41)27-15-13-26(42-2)14-16-27/h6-7,10-18,24,29H,3-5,8-9,19-20H2,1-2H3,(H,35,39)/t29-/m1/s1. The van der Waals surface area contributed by atoms with E-state index in [4.69, 9.17) is 39.5 Å². The molecule has 0 saturated heterocycles. The Balaban J connectivity index is 1.73.